The molecule has 2 N–H and O–H groups in total. The van der Waals surface area contributed by atoms with E-state index in [1.165, 1.54) is 6.33 Å². The molecule has 8 nitrogen and oxygen atoms in total. The van der Waals surface area contributed by atoms with Gasteiger partial charge in [0, 0.05) is 24.2 Å². The number of carbonyl (C=O) groups excluding carboxylic acids is 1. The van der Waals surface area contributed by atoms with Gasteiger partial charge >= 0.3 is 0 Å². The molecule has 34 heavy (non-hydrogen) atoms. The number of hydrogen-bond acceptors (Lipinski definition) is 6. The van der Waals surface area contributed by atoms with Gasteiger partial charge < -0.3 is 15.4 Å². The van der Waals surface area contributed by atoms with Gasteiger partial charge in [-0.15, -0.1) is 0 Å². The predicted molar refractivity (Wildman–Crippen MR) is 131 cm³/mol. The minimum Gasteiger partial charge on any atom is -0.457 e. The summed E-state index contributed by atoms with van der Waals surface area (Å²) in [6, 6.07) is 17.3. The smallest absolute Gasteiger partial charge is 0.248 e. The van der Waals surface area contributed by atoms with Gasteiger partial charge in [-0.3, -0.25) is 4.79 Å². The standard InChI is InChI=1S/C26H26N6O2/c1-17(2)26(33)31-14-6-7-19(15-31)32-25-22(24(27)28-16-29-25)23(30-32)18-10-12-21(13-11-18)34-20-8-4-3-5-9-20/h3-5,8-13,16,19H,1,6-7,14-15H2,2H3,(H2,27,28,29). The lowest BCUT2D eigenvalue weighted by Gasteiger charge is -2.33. The van der Waals surface area contributed by atoms with Gasteiger partial charge in [0.25, 0.3) is 0 Å². The second-order valence-corrected chi connectivity index (χ2v) is 8.52. The Morgan fingerprint density at radius 1 is 1.09 bits per heavy atom. The third-order valence-electron chi connectivity index (χ3n) is 6.02. The Morgan fingerprint density at radius 2 is 1.82 bits per heavy atom. The van der Waals surface area contributed by atoms with Crippen LogP contribution in [0, 0.1) is 0 Å². The molecule has 4 aromatic rings. The summed E-state index contributed by atoms with van der Waals surface area (Å²) in [4.78, 5) is 23.1. The highest BCUT2D eigenvalue weighted by Crippen LogP contribution is 2.35. The number of nitrogens with two attached hydrogens (primary N) is 1. The summed E-state index contributed by atoms with van der Waals surface area (Å²) < 4.78 is 7.81. The fraction of sp³-hybridized carbons (Fsp3) is 0.231. The monoisotopic (exact) mass is 454 g/mol. The number of nitrogen functional groups attached to an aromatic ring is 1. The molecule has 8 heteroatoms. The summed E-state index contributed by atoms with van der Waals surface area (Å²) in [6.45, 7) is 6.82. The third kappa shape index (κ3) is 4.10. The molecule has 1 saturated heterocycles. The zero-order valence-corrected chi connectivity index (χ0v) is 19.0. The molecule has 1 aliphatic rings. The molecule has 1 fully saturated rings. The third-order valence-corrected chi connectivity index (χ3v) is 6.02. The maximum atomic E-state index is 12.5. The fourth-order valence-corrected chi connectivity index (χ4v) is 4.37. The Balaban J connectivity index is 1.49. The average Bonchev–Trinajstić information content (AvgIpc) is 3.26. The minimum absolute atomic E-state index is 0.0108. The molecule has 172 valence electrons. The zero-order valence-electron chi connectivity index (χ0n) is 19.0. The fourth-order valence-electron chi connectivity index (χ4n) is 4.37. The Hall–Kier alpha value is -4.20. The number of nitrogens with zero attached hydrogens (tertiary/aromatic N) is 5. The Bertz CT molecular complexity index is 1350. The summed E-state index contributed by atoms with van der Waals surface area (Å²) in [7, 11) is 0. The van der Waals surface area contributed by atoms with Crippen LogP contribution in [0.25, 0.3) is 22.3 Å². The van der Waals surface area contributed by atoms with Gasteiger partial charge in [-0.2, -0.15) is 5.10 Å². The highest BCUT2D eigenvalue weighted by Gasteiger charge is 2.28. The molecule has 5 rings (SSSR count). The summed E-state index contributed by atoms with van der Waals surface area (Å²) >= 11 is 0. The van der Waals surface area contributed by atoms with Crippen LogP contribution in [0.5, 0.6) is 11.5 Å². The molecule has 2 aromatic carbocycles. The number of amides is 1. The molecule has 3 heterocycles. The Kier molecular flexibility index (Phi) is 5.71. The zero-order chi connectivity index (χ0) is 23.7. The number of rotatable bonds is 5. The first-order valence-electron chi connectivity index (χ1n) is 11.3. The van der Waals surface area contributed by atoms with E-state index >= 15 is 0 Å². The van der Waals surface area contributed by atoms with E-state index in [0.717, 1.165) is 29.9 Å². The van der Waals surface area contributed by atoms with Gasteiger partial charge in [-0.25, -0.2) is 14.6 Å². The topological polar surface area (TPSA) is 99.2 Å². The molecule has 1 amide bonds. The van der Waals surface area contributed by atoms with Crippen molar-refractivity contribution in [2.75, 3.05) is 18.8 Å². The highest BCUT2D eigenvalue weighted by atomic mass is 16.5. The number of hydrogen-bond donors (Lipinski definition) is 1. The number of carbonyl (C=O) groups is 1. The van der Waals surface area contributed by atoms with Crippen molar-refractivity contribution in [3.63, 3.8) is 0 Å². The number of likely N-dealkylation sites (tertiary alicyclic amines) is 1. The van der Waals surface area contributed by atoms with E-state index in [2.05, 4.69) is 16.5 Å². The van der Waals surface area contributed by atoms with Crippen LogP contribution in [0.4, 0.5) is 5.82 Å². The lowest BCUT2D eigenvalue weighted by molar-refractivity contribution is -0.128. The van der Waals surface area contributed by atoms with Crippen molar-refractivity contribution < 1.29 is 9.53 Å². The van der Waals surface area contributed by atoms with Crippen LogP contribution in [0.1, 0.15) is 25.8 Å². The molecular weight excluding hydrogens is 428 g/mol. The van der Waals surface area contributed by atoms with E-state index in [4.69, 9.17) is 15.6 Å². The van der Waals surface area contributed by atoms with Crippen molar-refractivity contribution in [2.45, 2.75) is 25.8 Å². The first-order valence-corrected chi connectivity index (χ1v) is 11.3. The van der Waals surface area contributed by atoms with Gasteiger partial charge in [0.1, 0.15) is 29.3 Å². The number of anilines is 1. The molecule has 0 bridgehead atoms. The average molecular weight is 455 g/mol. The molecule has 0 aliphatic carbocycles. The first kappa shape index (κ1) is 21.6. The Labute approximate surface area is 197 Å². The molecule has 0 saturated carbocycles. The number of ether oxygens (including phenoxy) is 1. The molecule has 0 radical (unpaired) electrons. The normalized spacial score (nSPS) is 15.9. The van der Waals surface area contributed by atoms with Gasteiger partial charge in [0.15, 0.2) is 5.65 Å². The summed E-state index contributed by atoms with van der Waals surface area (Å²) in [5.74, 6) is 1.85. The van der Waals surface area contributed by atoms with Crippen LogP contribution in [-0.2, 0) is 4.79 Å². The van der Waals surface area contributed by atoms with Crippen LogP contribution in [-0.4, -0.2) is 43.6 Å². The van der Waals surface area contributed by atoms with Gasteiger partial charge in [-0.05, 0) is 56.2 Å². The molecule has 1 atom stereocenters. The van der Waals surface area contributed by atoms with Gasteiger partial charge in [0.2, 0.25) is 5.91 Å². The van der Waals surface area contributed by atoms with Gasteiger partial charge in [-0.1, -0.05) is 24.8 Å². The van der Waals surface area contributed by atoms with Crippen molar-refractivity contribution in [3.05, 3.63) is 73.1 Å². The lowest BCUT2D eigenvalue weighted by atomic mass is 10.0. The van der Waals surface area contributed by atoms with Crippen LogP contribution in [0.2, 0.25) is 0 Å². The van der Waals surface area contributed by atoms with E-state index in [1.807, 2.05) is 64.2 Å². The molecule has 0 spiro atoms. The number of para-hydroxylation sites is 1. The highest BCUT2D eigenvalue weighted by molar-refractivity contribution is 5.98. The molecule has 2 aromatic heterocycles. The van der Waals surface area contributed by atoms with Crippen molar-refractivity contribution in [3.8, 4) is 22.8 Å². The predicted octanol–water partition coefficient (Wildman–Crippen LogP) is 4.61. The molecule has 1 aliphatic heterocycles. The Morgan fingerprint density at radius 3 is 2.56 bits per heavy atom. The number of piperidine rings is 1. The second kappa shape index (κ2) is 8.97. The van der Waals surface area contributed by atoms with Crippen molar-refractivity contribution in [1.82, 2.24) is 24.6 Å². The molecule has 1 unspecified atom stereocenters. The molecular formula is C26H26N6O2. The van der Waals surface area contributed by atoms with Crippen molar-refractivity contribution in [2.24, 2.45) is 0 Å². The quantitative estimate of drug-likeness (QED) is 0.442. The second-order valence-electron chi connectivity index (χ2n) is 8.52. The number of benzene rings is 2. The first-order chi connectivity index (χ1) is 16.5. The van der Waals surface area contributed by atoms with E-state index < -0.39 is 0 Å². The van der Waals surface area contributed by atoms with Crippen molar-refractivity contribution >= 4 is 22.8 Å². The lowest BCUT2D eigenvalue weighted by Crippen LogP contribution is -2.41. The summed E-state index contributed by atoms with van der Waals surface area (Å²) in [6.07, 6.45) is 3.23. The number of aromatic nitrogens is 4. The van der Waals surface area contributed by atoms with E-state index in [9.17, 15) is 4.79 Å². The SMILES string of the molecule is C=C(C)C(=O)N1CCCC(n2nc(-c3ccc(Oc4ccccc4)cc3)c3c(N)ncnc32)C1. The van der Waals surface area contributed by atoms with Crippen molar-refractivity contribution in [1.29, 1.82) is 0 Å². The minimum atomic E-state index is -0.0236. The van der Waals surface area contributed by atoms with E-state index in [-0.39, 0.29) is 11.9 Å². The van der Waals surface area contributed by atoms with Crippen LogP contribution in [0.3, 0.4) is 0 Å². The van der Waals surface area contributed by atoms with Crippen LogP contribution >= 0.6 is 0 Å². The number of fused-ring (bicyclic) bond motifs is 1. The van der Waals surface area contributed by atoms with Crippen LogP contribution < -0.4 is 10.5 Å². The van der Waals surface area contributed by atoms with Gasteiger partial charge in [0.05, 0.1) is 11.4 Å². The summed E-state index contributed by atoms with van der Waals surface area (Å²) in [5, 5.41) is 5.64. The van der Waals surface area contributed by atoms with E-state index in [0.29, 0.717) is 41.2 Å². The summed E-state index contributed by atoms with van der Waals surface area (Å²) in [5.41, 5.74) is 9.08. The maximum Gasteiger partial charge on any atom is 0.248 e. The maximum absolute atomic E-state index is 12.5. The van der Waals surface area contributed by atoms with E-state index in [1.54, 1.807) is 6.92 Å². The van der Waals surface area contributed by atoms with Crippen LogP contribution in [0.15, 0.2) is 73.1 Å². The largest absolute Gasteiger partial charge is 0.457 e.